The molecule has 2 rings (SSSR count). The van der Waals surface area contributed by atoms with Gasteiger partial charge in [-0.05, 0) is 31.0 Å². The molecule has 0 aromatic heterocycles. The van der Waals surface area contributed by atoms with Gasteiger partial charge < -0.3 is 10.4 Å². The molecule has 0 heterocycles. The number of halogens is 4. The summed E-state index contributed by atoms with van der Waals surface area (Å²) in [5, 5.41) is 11.5. The number of hydrogen-bond donors (Lipinski definition) is 2. The lowest BCUT2D eigenvalue weighted by molar-refractivity contribution is -0.147. The molecule has 1 aliphatic rings. The Kier molecular flexibility index (Phi) is 5.19. The van der Waals surface area contributed by atoms with Crippen molar-refractivity contribution in [1.29, 1.82) is 0 Å². The topological polar surface area (TPSA) is 66.4 Å². The third kappa shape index (κ3) is 4.16. The molecule has 126 valence electrons. The second-order valence-electron chi connectivity index (χ2n) is 5.52. The lowest BCUT2D eigenvalue weighted by Gasteiger charge is -2.27. The molecule has 8 heteroatoms. The van der Waals surface area contributed by atoms with Gasteiger partial charge in [0.15, 0.2) is 0 Å². The molecular formula is C15H15ClF3NO3. The van der Waals surface area contributed by atoms with Gasteiger partial charge in [0.1, 0.15) is 0 Å². The zero-order valence-corrected chi connectivity index (χ0v) is 12.7. The van der Waals surface area contributed by atoms with E-state index in [1.165, 1.54) is 0 Å². The van der Waals surface area contributed by atoms with Crippen LogP contribution in [0, 0.1) is 11.8 Å². The molecule has 1 aromatic rings. The molecule has 0 spiro atoms. The van der Waals surface area contributed by atoms with Crippen molar-refractivity contribution in [3.8, 4) is 0 Å². The van der Waals surface area contributed by atoms with Crippen LogP contribution in [0.3, 0.4) is 0 Å². The number of carboxylic acid groups (broad SMARTS) is 1. The molecule has 1 aromatic carbocycles. The van der Waals surface area contributed by atoms with Gasteiger partial charge in [0.2, 0.25) is 5.91 Å². The average molecular weight is 350 g/mol. The fraction of sp³-hybridized carbons (Fsp3) is 0.467. The van der Waals surface area contributed by atoms with Gasteiger partial charge >= 0.3 is 12.1 Å². The zero-order chi connectivity index (χ0) is 17.2. The quantitative estimate of drug-likeness (QED) is 0.860. The first-order valence-electron chi connectivity index (χ1n) is 7.10. The Balaban J connectivity index is 2.20. The van der Waals surface area contributed by atoms with Gasteiger partial charge in [0, 0.05) is 0 Å². The highest BCUT2D eigenvalue weighted by atomic mass is 35.5. The van der Waals surface area contributed by atoms with Crippen molar-refractivity contribution in [2.24, 2.45) is 11.8 Å². The van der Waals surface area contributed by atoms with Crippen LogP contribution >= 0.6 is 11.6 Å². The Hall–Kier alpha value is -1.76. The molecule has 4 nitrogen and oxygen atoms in total. The van der Waals surface area contributed by atoms with E-state index in [1.807, 2.05) is 0 Å². The summed E-state index contributed by atoms with van der Waals surface area (Å²) in [7, 11) is 0. The number of carbonyl (C=O) groups is 2. The van der Waals surface area contributed by atoms with E-state index in [-0.39, 0.29) is 10.7 Å². The van der Waals surface area contributed by atoms with Crippen molar-refractivity contribution < 1.29 is 27.9 Å². The lowest BCUT2D eigenvalue weighted by Crippen LogP contribution is -2.36. The second kappa shape index (κ2) is 6.78. The van der Waals surface area contributed by atoms with Crippen LogP contribution in [-0.2, 0) is 15.8 Å². The van der Waals surface area contributed by atoms with Gasteiger partial charge in [-0.2, -0.15) is 13.2 Å². The minimum absolute atomic E-state index is 0.0333. The predicted molar refractivity (Wildman–Crippen MR) is 78.2 cm³/mol. The molecule has 1 fully saturated rings. The number of anilines is 1. The highest BCUT2D eigenvalue weighted by Crippen LogP contribution is 2.35. The molecule has 0 aliphatic heterocycles. The Labute approximate surface area is 135 Å². The van der Waals surface area contributed by atoms with Crippen LogP contribution in [0.25, 0.3) is 0 Å². The molecule has 0 radical (unpaired) electrons. The number of alkyl halides is 3. The fourth-order valence-electron chi connectivity index (χ4n) is 2.76. The van der Waals surface area contributed by atoms with Gasteiger partial charge in [-0.25, -0.2) is 0 Å². The summed E-state index contributed by atoms with van der Waals surface area (Å²) in [6.45, 7) is 0. The van der Waals surface area contributed by atoms with Crippen molar-refractivity contribution in [2.45, 2.75) is 31.9 Å². The van der Waals surface area contributed by atoms with E-state index >= 15 is 0 Å². The first-order valence-corrected chi connectivity index (χ1v) is 7.48. The minimum Gasteiger partial charge on any atom is -0.481 e. The number of rotatable bonds is 3. The van der Waals surface area contributed by atoms with E-state index in [0.717, 1.165) is 18.2 Å². The normalized spacial score (nSPS) is 21.7. The first-order chi connectivity index (χ1) is 10.7. The number of carbonyl (C=O) groups excluding carboxylic acids is 1. The fourth-order valence-corrected chi connectivity index (χ4v) is 2.93. The van der Waals surface area contributed by atoms with Crippen molar-refractivity contribution in [1.82, 2.24) is 0 Å². The number of hydrogen-bond acceptors (Lipinski definition) is 2. The third-order valence-electron chi connectivity index (χ3n) is 3.97. The molecule has 1 saturated carbocycles. The Morgan fingerprint density at radius 1 is 1.17 bits per heavy atom. The number of amides is 1. The largest absolute Gasteiger partial charge is 0.481 e. The summed E-state index contributed by atoms with van der Waals surface area (Å²) >= 11 is 5.83. The van der Waals surface area contributed by atoms with Crippen LogP contribution < -0.4 is 5.32 Å². The van der Waals surface area contributed by atoms with Crippen LogP contribution in [-0.4, -0.2) is 17.0 Å². The maximum absolute atomic E-state index is 12.7. The summed E-state index contributed by atoms with van der Waals surface area (Å²) in [5.74, 6) is -3.28. The van der Waals surface area contributed by atoms with Gasteiger partial charge in [0.25, 0.3) is 0 Å². The maximum atomic E-state index is 12.7. The molecule has 2 N–H and O–H groups in total. The molecular weight excluding hydrogens is 335 g/mol. The summed E-state index contributed by atoms with van der Waals surface area (Å²) in [4.78, 5) is 23.5. The molecule has 0 bridgehead atoms. The Morgan fingerprint density at radius 2 is 1.78 bits per heavy atom. The zero-order valence-electron chi connectivity index (χ0n) is 12.0. The highest BCUT2D eigenvalue weighted by molar-refractivity contribution is 6.33. The summed E-state index contributed by atoms with van der Waals surface area (Å²) in [5.41, 5.74) is -1.10. The molecule has 1 aliphatic carbocycles. The van der Waals surface area contributed by atoms with Gasteiger partial charge in [0.05, 0.1) is 28.1 Å². The minimum atomic E-state index is -4.56. The van der Waals surface area contributed by atoms with Crippen molar-refractivity contribution in [2.75, 3.05) is 5.32 Å². The predicted octanol–water partition coefficient (Wildman–Crippen LogP) is 4.19. The van der Waals surface area contributed by atoms with Crippen molar-refractivity contribution in [3.63, 3.8) is 0 Å². The van der Waals surface area contributed by atoms with E-state index in [4.69, 9.17) is 11.6 Å². The van der Waals surface area contributed by atoms with Crippen LogP contribution in [0.5, 0.6) is 0 Å². The highest BCUT2D eigenvalue weighted by Gasteiger charge is 2.36. The summed E-state index contributed by atoms with van der Waals surface area (Å²) in [6.07, 6.45) is -2.37. The number of carboxylic acids is 1. The van der Waals surface area contributed by atoms with Crippen molar-refractivity contribution in [3.05, 3.63) is 28.8 Å². The number of nitrogens with one attached hydrogen (secondary N) is 1. The first kappa shape index (κ1) is 17.6. The van der Waals surface area contributed by atoms with E-state index in [1.54, 1.807) is 0 Å². The number of aliphatic carboxylic acids is 1. The summed E-state index contributed by atoms with van der Waals surface area (Å²) < 4.78 is 38.2. The van der Waals surface area contributed by atoms with Crippen molar-refractivity contribution >= 4 is 29.2 Å². The number of benzene rings is 1. The SMILES string of the molecule is O=C(O)[C@H]1CCCC[C@H]1C(=O)Nc1cc(C(F)(F)F)ccc1Cl. The van der Waals surface area contributed by atoms with Crippen LogP contribution in [0.15, 0.2) is 18.2 Å². The van der Waals surface area contributed by atoms with Crippen LogP contribution in [0.2, 0.25) is 5.02 Å². The van der Waals surface area contributed by atoms with E-state index in [0.29, 0.717) is 25.7 Å². The van der Waals surface area contributed by atoms with Crippen LogP contribution in [0.4, 0.5) is 18.9 Å². The van der Waals surface area contributed by atoms with E-state index in [9.17, 15) is 27.9 Å². The second-order valence-corrected chi connectivity index (χ2v) is 5.92. The van der Waals surface area contributed by atoms with Gasteiger partial charge in [-0.3, -0.25) is 9.59 Å². The molecule has 2 atom stereocenters. The Bertz CT molecular complexity index is 618. The lowest BCUT2D eigenvalue weighted by atomic mass is 9.78. The average Bonchev–Trinajstić information content (AvgIpc) is 2.48. The van der Waals surface area contributed by atoms with Gasteiger partial charge in [-0.1, -0.05) is 24.4 Å². The third-order valence-corrected chi connectivity index (χ3v) is 4.30. The molecule has 0 saturated heterocycles. The Morgan fingerprint density at radius 3 is 2.35 bits per heavy atom. The molecule has 23 heavy (non-hydrogen) atoms. The van der Waals surface area contributed by atoms with E-state index in [2.05, 4.69) is 5.32 Å². The maximum Gasteiger partial charge on any atom is 0.416 e. The standard InChI is InChI=1S/C15H15ClF3NO3/c16-11-6-5-8(15(17,18)19)7-12(11)20-13(21)9-3-1-2-4-10(9)14(22)23/h5-7,9-10H,1-4H2,(H,20,21)(H,22,23)/t9-,10+/m1/s1. The van der Waals surface area contributed by atoms with E-state index < -0.39 is 35.5 Å². The smallest absolute Gasteiger partial charge is 0.416 e. The summed E-state index contributed by atoms with van der Waals surface area (Å²) in [6, 6.07) is 2.62. The molecule has 1 amide bonds. The van der Waals surface area contributed by atoms with Gasteiger partial charge in [-0.15, -0.1) is 0 Å². The molecule has 0 unspecified atom stereocenters. The monoisotopic (exact) mass is 349 g/mol. The van der Waals surface area contributed by atoms with Crippen LogP contribution in [0.1, 0.15) is 31.2 Å².